The zero-order chi connectivity index (χ0) is 22.0. The second kappa shape index (κ2) is 8.83. The minimum atomic E-state index is -0.984. The predicted octanol–water partition coefficient (Wildman–Crippen LogP) is 4.90. The van der Waals surface area contributed by atoms with Crippen LogP contribution >= 0.6 is 11.3 Å². The van der Waals surface area contributed by atoms with Gasteiger partial charge in [-0.1, -0.05) is 41.5 Å². The fourth-order valence-electron chi connectivity index (χ4n) is 3.91. The van der Waals surface area contributed by atoms with Crippen molar-refractivity contribution in [2.45, 2.75) is 33.6 Å². The normalized spacial score (nSPS) is 18.8. The monoisotopic (exact) mass is 427 g/mol. The number of allylic oxidation sites excluding steroid dienone is 2. The molecule has 0 spiro atoms. The van der Waals surface area contributed by atoms with E-state index in [1.807, 2.05) is 51.1 Å². The Hall–Kier alpha value is -2.93. The Morgan fingerprint density at radius 2 is 1.63 bits per heavy atom. The fraction of sp³-hybridized carbons (Fsp3) is 0.348. The van der Waals surface area contributed by atoms with Gasteiger partial charge in [-0.2, -0.15) is 0 Å². The van der Waals surface area contributed by atoms with Crippen LogP contribution in [-0.2, 0) is 14.3 Å². The van der Waals surface area contributed by atoms with E-state index in [4.69, 9.17) is 4.74 Å². The molecule has 1 amide bonds. The minimum absolute atomic E-state index is 0.297. The van der Waals surface area contributed by atoms with Gasteiger partial charge < -0.3 is 15.2 Å². The molecule has 30 heavy (non-hydrogen) atoms. The van der Waals surface area contributed by atoms with Crippen LogP contribution < -0.4 is 5.32 Å². The highest BCUT2D eigenvalue weighted by Gasteiger charge is 2.38. The third-order valence-corrected chi connectivity index (χ3v) is 6.71. The molecule has 0 radical (unpaired) electrons. The second-order valence-corrected chi connectivity index (χ2v) is 8.83. The van der Waals surface area contributed by atoms with Gasteiger partial charge in [-0.05, 0) is 39.2 Å². The first kappa shape index (κ1) is 21.8. The molecule has 158 valence electrons. The molecule has 1 aliphatic rings. The van der Waals surface area contributed by atoms with Crippen molar-refractivity contribution in [2.75, 3.05) is 12.4 Å². The summed E-state index contributed by atoms with van der Waals surface area (Å²) in [5, 5.41) is 12.9. The average molecular weight is 428 g/mol. The van der Waals surface area contributed by atoms with Gasteiger partial charge in [0, 0.05) is 10.4 Å². The quantitative estimate of drug-likeness (QED) is 0.523. The highest BCUT2D eigenvalue weighted by molar-refractivity contribution is 7.17. The molecule has 0 bridgehead atoms. The smallest absolute Gasteiger partial charge is 0.341 e. The molecule has 2 atom stereocenters. The van der Waals surface area contributed by atoms with Crippen LogP contribution in [0.1, 0.15) is 41.9 Å². The molecular weight excluding hydrogens is 402 g/mol. The van der Waals surface area contributed by atoms with E-state index < -0.39 is 23.8 Å². The largest absolute Gasteiger partial charge is 0.481 e. The first-order valence-corrected chi connectivity index (χ1v) is 10.5. The summed E-state index contributed by atoms with van der Waals surface area (Å²) in [6, 6.07) is 9.43. The summed E-state index contributed by atoms with van der Waals surface area (Å²) in [6.07, 6.45) is 0.736. The van der Waals surface area contributed by atoms with Crippen molar-refractivity contribution in [2.24, 2.45) is 11.8 Å². The van der Waals surface area contributed by atoms with E-state index in [0.29, 0.717) is 29.0 Å². The number of hydrogen-bond donors (Lipinski definition) is 2. The van der Waals surface area contributed by atoms with Crippen LogP contribution in [0.25, 0.3) is 11.1 Å². The van der Waals surface area contributed by atoms with Gasteiger partial charge in [-0.25, -0.2) is 4.79 Å². The van der Waals surface area contributed by atoms with E-state index >= 15 is 0 Å². The van der Waals surface area contributed by atoms with Crippen molar-refractivity contribution in [1.29, 1.82) is 0 Å². The number of ether oxygens (including phenoxy) is 1. The number of nitrogens with one attached hydrogen (secondary N) is 1. The van der Waals surface area contributed by atoms with Crippen molar-refractivity contribution in [3.8, 4) is 11.1 Å². The van der Waals surface area contributed by atoms with Crippen LogP contribution in [0.15, 0.2) is 41.5 Å². The Morgan fingerprint density at radius 3 is 2.20 bits per heavy atom. The number of aryl methyl sites for hydroxylation is 1. The van der Waals surface area contributed by atoms with Crippen molar-refractivity contribution >= 4 is 34.2 Å². The number of carboxylic acid groups (broad SMARTS) is 1. The summed E-state index contributed by atoms with van der Waals surface area (Å²) < 4.78 is 4.98. The Bertz CT molecular complexity index is 1020. The molecule has 0 saturated carbocycles. The number of esters is 1. The third kappa shape index (κ3) is 4.16. The maximum absolute atomic E-state index is 13.1. The number of rotatable bonds is 5. The number of carbonyl (C=O) groups is 3. The topological polar surface area (TPSA) is 92.7 Å². The third-order valence-electron chi connectivity index (χ3n) is 5.69. The summed E-state index contributed by atoms with van der Waals surface area (Å²) in [5.74, 6) is -3.40. The molecule has 3 rings (SSSR count). The molecule has 6 nitrogen and oxygen atoms in total. The Balaban J connectivity index is 1.99. The summed E-state index contributed by atoms with van der Waals surface area (Å²) >= 11 is 1.29. The van der Waals surface area contributed by atoms with E-state index in [2.05, 4.69) is 5.32 Å². The van der Waals surface area contributed by atoms with Crippen LogP contribution in [0.2, 0.25) is 0 Å². The predicted molar refractivity (Wildman–Crippen MR) is 117 cm³/mol. The standard InChI is InChI=1S/C23H25NO5S/c1-12-10-16(17(22(26)27)11-13(12)2)20(25)24-21-19(23(28)29-4)18(14(3)30-21)15-8-6-5-7-9-15/h5-9,16-17H,10-11H2,1-4H3,(H,24,25)(H,26,27). The molecule has 1 aromatic heterocycles. The lowest BCUT2D eigenvalue weighted by Gasteiger charge is -2.29. The van der Waals surface area contributed by atoms with Gasteiger partial charge in [0.05, 0.1) is 18.9 Å². The molecule has 2 N–H and O–H groups in total. The second-order valence-electron chi connectivity index (χ2n) is 7.60. The van der Waals surface area contributed by atoms with Crippen LogP contribution in [0, 0.1) is 18.8 Å². The molecule has 2 aromatic rings. The van der Waals surface area contributed by atoms with Gasteiger partial charge in [0.25, 0.3) is 0 Å². The maximum atomic E-state index is 13.1. The van der Waals surface area contributed by atoms with Crippen molar-refractivity contribution in [1.82, 2.24) is 0 Å². The van der Waals surface area contributed by atoms with E-state index in [0.717, 1.165) is 21.6 Å². The van der Waals surface area contributed by atoms with Gasteiger partial charge in [-0.15, -0.1) is 11.3 Å². The molecule has 0 fully saturated rings. The fourth-order valence-corrected chi connectivity index (χ4v) is 4.98. The van der Waals surface area contributed by atoms with E-state index in [1.165, 1.54) is 18.4 Å². The summed E-state index contributed by atoms with van der Waals surface area (Å²) in [5.41, 5.74) is 3.91. The van der Waals surface area contributed by atoms with E-state index in [-0.39, 0.29) is 5.91 Å². The Labute approximate surface area is 179 Å². The van der Waals surface area contributed by atoms with Crippen LogP contribution in [0.4, 0.5) is 5.00 Å². The number of anilines is 1. The number of hydrogen-bond acceptors (Lipinski definition) is 5. The van der Waals surface area contributed by atoms with Crippen molar-refractivity contribution < 1.29 is 24.2 Å². The SMILES string of the molecule is COC(=O)c1c(NC(=O)C2CC(C)=C(C)CC2C(=O)O)sc(C)c1-c1ccccc1. The average Bonchev–Trinajstić information content (AvgIpc) is 3.04. The lowest BCUT2D eigenvalue weighted by atomic mass is 9.76. The number of carbonyl (C=O) groups excluding carboxylic acids is 2. The molecule has 1 heterocycles. The Kier molecular flexibility index (Phi) is 6.41. The maximum Gasteiger partial charge on any atom is 0.341 e. The molecule has 0 saturated heterocycles. The van der Waals surface area contributed by atoms with E-state index in [1.54, 1.807) is 0 Å². The zero-order valence-corrected chi connectivity index (χ0v) is 18.3. The molecule has 7 heteroatoms. The lowest BCUT2D eigenvalue weighted by Crippen LogP contribution is -2.36. The number of carboxylic acids is 1. The zero-order valence-electron chi connectivity index (χ0n) is 17.4. The van der Waals surface area contributed by atoms with Crippen molar-refractivity contribution in [3.63, 3.8) is 0 Å². The summed E-state index contributed by atoms with van der Waals surface area (Å²) in [7, 11) is 1.30. The number of amides is 1. The molecule has 1 aliphatic carbocycles. The number of aliphatic carboxylic acids is 1. The summed E-state index contributed by atoms with van der Waals surface area (Å²) in [6.45, 7) is 5.71. The van der Waals surface area contributed by atoms with E-state index in [9.17, 15) is 19.5 Å². The molecular formula is C23H25NO5S. The van der Waals surface area contributed by atoms with Gasteiger partial charge >= 0.3 is 11.9 Å². The van der Waals surface area contributed by atoms with Gasteiger partial charge in [0.1, 0.15) is 10.6 Å². The minimum Gasteiger partial charge on any atom is -0.481 e. The number of benzene rings is 1. The Morgan fingerprint density at radius 1 is 1.03 bits per heavy atom. The molecule has 0 aliphatic heterocycles. The molecule has 2 unspecified atom stereocenters. The first-order valence-electron chi connectivity index (χ1n) is 9.70. The number of methoxy groups -OCH3 is 1. The summed E-state index contributed by atoms with van der Waals surface area (Å²) in [4.78, 5) is 38.3. The van der Waals surface area contributed by atoms with Crippen LogP contribution in [0.5, 0.6) is 0 Å². The number of thiophene rings is 1. The van der Waals surface area contributed by atoms with Gasteiger partial charge in [-0.3, -0.25) is 9.59 Å². The van der Waals surface area contributed by atoms with Gasteiger partial charge in [0.2, 0.25) is 5.91 Å². The van der Waals surface area contributed by atoms with Gasteiger partial charge in [0.15, 0.2) is 0 Å². The first-order chi connectivity index (χ1) is 14.2. The van der Waals surface area contributed by atoms with Crippen LogP contribution in [-0.4, -0.2) is 30.1 Å². The van der Waals surface area contributed by atoms with Crippen LogP contribution in [0.3, 0.4) is 0 Å². The van der Waals surface area contributed by atoms with Crippen molar-refractivity contribution in [3.05, 3.63) is 51.9 Å². The lowest BCUT2D eigenvalue weighted by molar-refractivity contribution is -0.146. The molecule has 1 aromatic carbocycles. The highest BCUT2D eigenvalue weighted by atomic mass is 32.1. The highest BCUT2D eigenvalue weighted by Crippen LogP contribution is 2.41.